The van der Waals surface area contributed by atoms with Crippen LogP contribution in [-0.4, -0.2) is 55.3 Å². The molecule has 1 atom stereocenters. The molecule has 0 radical (unpaired) electrons. The summed E-state index contributed by atoms with van der Waals surface area (Å²) in [5.74, 6) is -0.213. The first-order chi connectivity index (χ1) is 9.86. The van der Waals surface area contributed by atoms with Gasteiger partial charge in [0.2, 0.25) is 15.9 Å². The maximum absolute atomic E-state index is 12.6. The molecule has 6 nitrogen and oxygen atoms in total. The molecule has 1 aromatic rings. The summed E-state index contributed by atoms with van der Waals surface area (Å²) in [7, 11) is -2.05. The highest BCUT2D eigenvalue weighted by atomic mass is 32.2. The number of hydrogen-bond donors (Lipinski definition) is 1. The van der Waals surface area contributed by atoms with Crippen molar-refractivity contribution in [2.75, 3.05) is 26.7 Å². The average molecular weight is 312 g/mol. The van der Waals surface area contributed by atoms with E-state index < -0.39 is 16.1 Å². The summed E-state index contributed by atoms with van der Waals surface area (Å²) in [6.07, 6.45) is -0.175. The Kier molecular flexibility index (Phi) is 4.65. The molecule has 0 aliphatic carbocycles. The third kappa shape index (κ3) is 3.25. The Morgan fingerprint density at radius 1 is 1.33 bits per heavy atom. The molecule has 1 fully saturated rings. The molecule has 2 rings (SSSR count). The monoisotopic (exact) mass is 312 g/mol. The Balaban J connectivity index is 2.29. The van der Waals surface area contributed by atoms with E-state index in [9.17, 15) is 18.3 Å². The molecular weight excluding hydrogens is 292 g/mol. The number of piperazine rings is 1. The second-order valence-corrected chi connectivity index (χ2v) is 7.09. The van der Waals surface area contributed by atoms with Crippen molar-refractivity contribution in [1.82, 2.24) is 9.21 Å². The van der Waals surface area contributed by atoms with E-state index in [-0.39, 0.29) is 23.9 Å². The number of aliphatic hydroxyl groups excluding tert-OH is 1. The van der Waals surface area contributed by atoms with E-state index in [0.717, 1.165) is 0 Å². The van der Waals surface area contributed by atoms with Crippen molar-refractivity contribution in [2.24, 2.45) is 0 Å². The minimum absolute atomic E-state index is 0.116. The minimum atomic E-state index is -3.71. The summed E-state index contributed by atoms with van der Waals surface area (Å²) < 4.78 is 26.3. The first-order valence-corrected chi connectivity index (χ1v) is 8.32. The SMILES string of the molecule is CCC(O)c1cccc(S(=O)(=O)N2CCN(C)C(=O)C2)c1. The third-order valence-electron chi connectivity index (χ3n) is 3.69. The Bertz CT molecular complexity index is 630. The van der Waals surface area contributed by atoms with Crippen LogP contribution in [0.2, 0.25) is 0 Å². The van der Waals surface area contributed by atoms with Gasteiger partial charge in [-0.2, -0.15) is 4.31 Å². The predicted octanol–water partition coefficient (Wildman–Crippen LogP) is 0.593. The molecule has 1 aromatic carbocycles. The zero-order valence-electron chi connectivity index (χ0n) is 12.2. The van der Waals surface area contributed by atoms with Gasteiger partial charge in [0.25, 0.3) is 0 Å². The normalized spacial score (nSPS) is 18.8. The van der Waals surface area contributed by atoms with Gasteiger partial charge in [-0.05, 0) is 24.1 Å². The summed E-state index contributed by atoms with van der Waals surface area (Å²) in [5.41, 5.74) is 0.569. The highest BCUT2D eigenvalue weighted by molar-refractivity contribution is 7.89. The number of amides is 1. The summed E-state index contributed by atoms with van der Waals surface area (Å²) in [6.45, 7) is 2.35. The molecule has 21 heavy (non-hydrogen) atoms. The fourth-order valence-corrected chi connectivity index (χ4v) is 3.65. The first-order valence-electron chi connectivity index (χ1n) is 6.88. The van der Waals surface area contributed by atoms with Crippen LogP contribution in [0, 0.1) is 0 Å². The molecule has 7 heteroatoms. The summed E-state index contributed by atoms with van der Waals surface area (Å²) in [4.78, 5) is 13.3. The smallest absolute Gasteiger partial charge is 0.243 e. The van der Waals surface area contributed by atoms with E-state index in [0.29, 0.717) is 18.5 Å². The number of nitrogens with zero attached hydrogens (tertiary/aromatic N) is 2. The molecule has 116 valence electrons. The molecule has 0 spiro atoms. The van der Waals surface area contributed by atoms with Crippen LogP contribution in [0.25, 0.3) is 0 Å². The minimum Gasteiger partial charge on any atom is -0.388 e. The number of carbonyl (C=O) groups excluding carboxylic acids is 1. The zero-order valence-corrected chi connectivity index (χ0v) is 13.0. The summed E-state index contributed by atoms with van der Waals surface area (Å²) in [5, 5.41) is 9.84. The van der Waals surface area contributed by atoms with Crippen LogP contribution in [0.1, 0.15) is 25.0 Å². The van der Waals surface area contributed by atoms with Gasteiger partial charge < -0.3 is 10.0 Å². The molecule has 1 heterocycles. The molecule has 1 saturated heterocycles. The van der Waals surface area contributed by atoms with Gasteiger partial charge in [-0.15, -0.1) is 0 Å². The Morgan fingerprint density at radius 3 is 2.67 bits per heavy atom. The quantitative estimate of drug-likeness (QED) is 0.883. The number of hydrogen-bond acceptors (Lipinski definition) is 4. The number of carbonyl (C=O) groups is 1. The van der Waals surface area contributed by atoms with Crippen LogP contribution in [0.4, 0.5) is 0 Å². The number of benzene rings is 1. The third-order valence-corrected chi connectivity index (χ3v) is 5.53. The van der Waals surface area contributed by atoms with Gasteiger partial charge in [0.05, 0.1) is 17.5 Å². The second-order valence-electron chi connectivity index (χ2n) is 5.15. The van der Waals surface area contributed by atoms with E-state index in [2.05, 4.69) is 0 Å². The lowest BCUT2D eigenvalue weighted by molar-refractivity contribution is -0.132. The molecule has 0 bridgehead atoms. The van der Waals surface area contributed by atoms with E-state index in [4.69, 9.17) is 0 Å². The van der Waals surface area contributed by atoms with Gasteiger partial charge >= 0.3 is 0 Å². The van der Waals surface area contributed by atoms with E-state index in [1.54, 1.807) is 19.2 Å². The van der Waals surface area contributed by atoms with Crippen LogP contribution in [0.15, 0.2) is 29.2 Å². The van der Waals surface area contributed by atoms with Crippen molar-refractivity contribution in [2.45, 2.75) is 24.3 Å². The number of aliphatic hydroxyl groups is 1. The summed E-state index contributed by atoms with van der Waals surface area (Å²) >= 11 is 0. The molecular formula is C14H20N2O4S. The molecule has 0 aromatic heterocycles. The van der Waals surface area contributed by atoms with E-state index >= 15 is 0 Å². The van der Waals surface area contributed by atoms with Crippen LogP contribution >= 0.6 is 0 Å². The van der Waals surface area contributed by atoms with Crippen LogP contribution in [-0.2, 0) is 14.8 Å². The fourth-order valence-electron chi connectivity index (χ4n) is 2.21. The molecule has 1 aliphatic rings. The van der Waals surface area contributed by atoms with Gasteiger partial charge in [0.1, 0.15) is 0 Å². The highest BCUT2D eigenvalue weighted by Gasteiger charge is 2.31. The fraction of sp³-hybridized carbons (Fsp3) is 0.500. The Morgan fingerprint density at radius 2 is 2.05 bits per heavy atom. The highest BCUT2D eigenvalue weighted by Crippen LogP contribution is 2.23. The number of likely N-dealkylation sites (N-methyl/N-ethyl adjacent to an activating group) is 1. The van der Waals surface area contributed by atoms with Crippen molar-refractivity contribution in [3.63, 3.8) is 0 Å². The standard InChI is InChI=1S/C14H20N2O4S/c1-3-13(17)11-5-4-6-12(9-11)21(19,20)16-8-7-15(2)14(18)10-16/h4-6,9,13,17H,3,7-8,10H2,1-2H3. The van der Waals surface area contributed by atoms with Gasteiger partial charge in [-0.1, -0.05) is 19.1 Å². The maximum atomic E-state index is 12.6. The van der Waals surface area contributed by atoms with Crippen LogP contribution < -0.4 is 0 Å². The van der Waals surface area contributed by atoms with Crippen molar-refractivity contribution in [1.29, 1.82) is 0 Å². The lowest BCUT2D eigenvalue weighted by Gasteiger charge is -2.31. The van der Waals surface area contributed by atoms with Crippen molar-refractivity contribution >= 4 is 15.9 Å². The zero-order chi connectivity index (χ0) is 15.6. The maximum Gasteiger partial charge on any atom is 0.243 e. The van der Waals surface area contributed by atoms with E-state index in [1.807, 2.05) is 6.92 Å². The van der Waals surface area contributed by atoms with Crippen molar-refractivity contribution in [3.8, 4) is 0 Å². The Hall–Kier alpha value is -1.44. The number of sulfonamides is 1. The first kappa shape index (κ1) is 15.9. The van der Waals surface area contributed by atoms with Crippen molar-refractivity contribution in [3.05, 3.63) is 29.8 Å². The van der Waals surface area contributed by atoms with Crippen LogP contribution in [0.3, 0.4) is 0 Å². The molecule has 1 unspecified atom stereocenters. The predicted molar refractivity (Wildman–Crippen MR) is 78.1 cm³/mol. The lowest BCUT2D eigenvalue weighted by atomic mass is 10.1. The molecule has 1 amide bonds. The average Bonchev–Trinajstić information content (AvgIpc) is 2.49. The van der Waals surface area contributed by atoms with Gasteiger partial charge in [-0.3, -0.25) is 4.79 Å². The lowest BCUT2D eigenvalue weighted by Crippen LogP contribution is -2.50. The largest absolute Gasteiger partial charge is 0.388 e. The second kappa shape index (κ2) is 6.13. The Labute approximate surface area is 125 Å². The summed E-state index contributed by atoms with van der Waals surface area (Å²) in [6, 6.07) is 6.28. The van der Waals surface area contributed by atoms with Gasteiger partial charge in [-0.25, -0.2) is 8.42 Å². The van der Waals surface area contributed by atoms with Gasteiger partial charge in [0, 0.05) is 20.1 Å². The van der Waals surface area contributed by atoms with Crippen LogP contribution in [0.5, 0.6) is 0 Å². The number of rotatable bonds is 4. The van der Waals surface area contributed by atoms with E-state index in [1.165, 1.54) is 21.3 Å². The molecule has 1 N–H and O–H groups in total. The molecule has 1 aliphatic heterocycles. The topological polar surface area (TPSA) is 77.9 Å². The van der Waals surface area contributed by atoms with Crippen molar-refractivity contribution < 1.29 is 18.3 Å². The molecule has 0 saturated carbocycles. The van der Waals surface area contributed by atoms with Gasteiger partial charge in [0.15, 0.2) is 0 Å².